The van der Waals surface area contributed by atoms with Crippen molar-refractivity contribution < 1.29 is 4.79 Å². The van der Waals surface area contributed by atoms with E-state index in [-0.39, 0.29) is 5.91 Å². The second-order valence-corrected chi connectivity index (χ2v) is 6.20. The van der Waals surface area contributed by atoms with Crippen LogP contribution in [0.1, 0.15) is 28.8 Å². The highest BCUT2D eigenvalue weighted by molar-refractivity contribution is 5.94. The van der Waals surface area contributed by atoms with Crippen LogP contribution in [0.25, 0.3) is 5.52 Å². The van der Waals surface area contributed by atoms with Crippen LogP contribution in [0.5, 0.6) is 0 Å². The zero-order chi connectivity index (χ0) is 13.7. The van der Waals surface area contributed by atoms with Crippen molar-refractivity contribution in [3.05, 3.63) is 41.7 Å². The number of piperidine rings is 1. The van der Waals surface area contributed by atoms with Crippen LogP contribution < -0.4 is 10.6 Å². The Hall–Kier alpha value is -1.81. The van der Waals surface area contributed by atoms with Crippen LogP contribution >= 0.6 is 0 Å². The number of pyridine rings is 1. The van der Waals surface area contributed by atoms with E-state index in [0.29, 0.717) is 12.1 Å². The molecule has 3 unspecified atom stereocenters. The molecule has 2 aromatic rings. The third-order valence-corrected chi connectivity index (χ3v) is 4.64. The van der Waals surface area contributed by atoms with Crippen LogP contribution in [-0.2, 0) is 0 Å². The number of amides is 1. The summed E-state index contributed by atoms with van der Waals surface area (Å²) in [5.41, 5.74) is 3.07. The molecule has 20 heavy (non-hydrogen) atoms. The van der Waals surface area contributed by atoms with Gasteiger partial charge in [0.2, 0.25) is 0 Å². The average Bonchev–Trinajstić information content (AvgIpc) is 3.10. The van der Waals surface area contributed by atoms with E-state index in [0.717, 1.165) is 30.0 Å². The number of carbonyl (C=O) groups excluding carboxylic acids is 1. The number of fused-ring (bicyclic) bond motifs is 3. The molecule has 3 heterocycles. The fraction of sp³-hybridized carbons (Fsp3) is 0.438. The Kier molecular flexibility index (Phi) is 2.60. The quantitative estimate of drug-likeness (QED) is 0.872. The molecule has 1 saturated carbocycles. The van der Waals surface area contributed by atoms with Crippen LogP contribution in [0.2, 0.25) is 0 Å². The van der Waals surface area contributed by atoms with E-state index in [1.807, 2.05) is 28.9 Å². The Labute approximate surface area is 118 Å². The topological polar surface area (TPSA) is 45.5 Å². The van der Waals surface area contributed by atoms with Crippen molar-refractivity contribution in [3.63, 3.8) is 0 Å². The molecular weight excluding hydrogens is 250 g/mol. The lowest BCUT2D eigenvalue weighted by atomic mass is 10.1. The third-order valence-electron chi connectivity index (χ3n) is 4.64. The maximum absolute atomic E-state index is 12.4. The van der Waals surface area contributed by atoms with Gasteiger partial charge < -0.3 is 15.0 Å². The van der Waals surface area contributed by atoms with Crippen molar-refractivity contribution in [2.45, 2.75) is 31.8 Å². The number of aromatic nitrogens is 1. The van der Waals surface area contributed by atoms with Crippen molar-refractivity contribution >= 4 is 11.4 Å². The van der Waals surface area contributed by atoms with E-state index in [1.165, 1.54) is 12.0 Å². The van der Waals surface area contributed by atoms with Gasteiger partial charge in [-0.25, -0.2) is 0 Å². The summed E-state index contributed by atoms with van der Waals surface area (Å²) >= 11 is 0. The molecule has 2 N–H and O–H groups in total. The molecular formula is C16H19N3O. The number of rotatable bonds is 2. The largest absolute Gasteiger partial charge is 0.348 e. The van der Waals surface area contributed by atoms with Crippen molar-refractivity contribution in [1.82, 2.24) is 15.0 Å². The average molecular weight is 269 g/mol. The Balaban J connectivity index is 1.54. The number of hydrogen-bond donors (Lipinski definition) is 2. The van der Waals surface area contributed by atoms with Gasteiger partial charge in [0, 0.05) is 30.0 Å². The first-order valence-corrected chi connectivity index (χ1v) is 7.31. The van der Waals surface area contributed by atoms with E-state index in [2.05, 4.69) is 23.6 Å². The lowest BCUT2D eigenvalue weighted by Gasteiger charge is -2.24. The lowest BCUT2D eigenvalue weighted by Crippen LogP contribution is -2.47. The number of nitrogens with zero attached hydrogens (tertiary/aromatic N) is 1. The molecule has 1 aliphatic carbocycles. The van der Waals surface area contributed by atoms with E-state index < -0.39 is 0 Å². The maximum Gasteiger partial charge on any atom is 0.253 e. The highest BCUT2D eigenvalue weighted by Gasteiger charge is 2.40. The molecule has 104 valence electrons. The first-order valence-electron chi connectivity index (χ1n) is 7.31. The van der Waals surface area contributed by atoms with Gasteiger partial charge in [0.05, 0.1) is 5.56 Å². The van der Waals surface area contributed by atoms with Gasteiger partial charge in [0.15, 0.2) is 0 Å². The molecule has 2 aliphatic rings. The summed E-state index contributed by atoms with van der Waals surface area (Å²) in [4.78, 5) is 12.4. The predicted molar refractivity (Wildman–Crippen MR) is 77.9 cm³/mol. The van der Waals surface area contributed by atoms with Crippen LogP contribution in [-0.4, -0.2) is 28.9 Å². The molecule has 3 atom stereocenters. The monoisotopic (exact) mass is 269 g/mol. The Morgan fingerprint density at radius 3 is 3.00 bits per heavy atom. The van der Waals surface area contributed by atoms with Crippen LogP contribution in [0.4, 0.5) is 0 Å². The maximum atomic E-state index is 12.4. The summed E-state index contributed by atoms with van der Waals surface area (Å²) in [5, 5.41) is 6.66. The standard InChI is InChI=1S/C16H19N3O/c1-10-4-13-3-2-12(9-19(13)8-10)16(20)18-15-6-11-5-14(15)17-7-11/h2-4,8-9,11,14-15,17H,5-7H2,1H3,(H,18,20). The lowest BCUT2D eigenvalue weighted by molar-refractivity contribution is 0.0928. The first kappa shape index (κ1) is 12.0. The van der Waals surface area contributed by atoms with Gasteiger partial charge >= 0.3 is 0 Å². The third kappa shape index (κ3) is 1.91. The highest BCUT2D eigenvalue weighted by Crippen LogP contribution is 2.31. The van der Waals surface area contributed by atoms with E-state index in [4.69, 9.17) is 0 Å². The summed E-state index contributed by atoms with van der Waals surface area (Å²) in [6, 6.07) is 6.79. The molecule has 0 spiro atoms. The van der Waals surface area contributed by atoms with Crippen LogP contribution in [0.15, 0.2) is 30.6 Å². The minimum Gasteiger partial charge on any atom is -0.348 e. The van der Waals surface area contributed by atoms with Crippen LogP contribution in [0, 0.1) is 12.8 Å². The number of carbonyl (C=O) groups is 1. The van der Waals surface area contributed by atoms with Gasteiger partial charge in [-0.15, -0.1) is 0 Å². The van der Waals surface area contributed by atoms with Crippen LogP contribution in [0.3, 0.4) is 0 Å². The molecule has 4 rings (SSSR count). The molecule has 2 fully saturated rings. The molecule has 4 heteroatoms. The molecule has 2 bridgehead atoms. The normalized spacial score (nSPS) is 28.1. The molecule has 0 aromatic carbocycles. The first-order chi connectivity index (χ1) is 9.69. The summed E-state index contributed by atoms with van der Waals surface area (Å²) in [7, 11) is 0. The van der Waals surface area contributed by atoms with Gasteiger partial charge in [-0.05, 0) is 56.0 Å². The molecule has 1 saturated heterocycles. The van der Waals surface area contributed by atoms with Crippen molar-refractivity contribution in [2.75, 3.05) is 6.54 Å². The van der Waals surface area contributed by atoms with Gasteiger partial charge in [0.1, 0.15) is 0 Å². The van der Waals surface area contributed by atoms with Crippen molar-refractivity contribution in [1.29, 1.82) is 0 Å². The number of nitrogens with one attached hydrogen (secondary N) is 2. The zero-order valence-corrected chi connectivity index (χ0v) is 11.6. The predicted octanol–water partition coefficient (Wildman–Crippen LogP) is 1.73. The van der Waals surface area contributed by atoms with Gasteiger partial charge in [-0.3, -0.25) is 4.79 Å². The van der Waals surface area contributed by atoms with Gasteiger partial charge in [-0.2, -0.15) is 0 Å². The summed E-state index contributed by atoms with van der Waals surface area (Å²) in [6.07, 6.45) is 6.29. The highest BCUT2D eigenvalue weighted by atomic mass is 16.1. The minimum absolute atomic E-state index is 0.0394. The zero-order valence-electron chi connectivity index (χ0n) is 11.6. The molecule has 1 amide bonds. The van der Waals surface area contributed by atoms with Gasteiger partial charge in [0.25, 0.3) is 5.91 Å². The summed E-state index contributed by atoms with van der Waals surface area (Å²) in [6.45, 7) is 3.18. The smallest absolute Gasteiger partial charge is 0.253 e. The Morgan fingerprint density at radius 2 is 2.25 bits per heavy atom. The second-order valence-electron chi connectivity index (χ2n) is 6.20. The summed E-state index contributed by atoms with van der Waals surface area (Å²) < 4.78 is 2.02. The fourth-order valence-corrected chi connectivity index (χ4v) is 3.65. The van der Waals surface area contributed by atoms with E-state index in [9.17, 15) is 4.79 Å². The van der Waals surface area contributed by atoms with Crippen molar-refractivity contribution in [3.8, 4) is 0 Å². The van der Waals surface area contributed by atoms with E-state index in [1.54, 1.807) is 0 Å². The minimum atomic E-state index is 0.0394. The van der Waals surface area contributed by atoms with Crippen molar-refractivity contribution in [2.24, 2.45) is 5.92 Å². The Bertz CT molecular complexity index is 675. The van der Waals surface area contributed by atoms with E-state index >= 15 is 0 Å². The fourth-order valence-electron chi connectivity index (χ4n) is 3.65. The summed E-state index contributed by atoms with van der Waals surface area (Å²) in [5.74, 6) is 0.789. The Morgan fingerprint density at radius 1 is 1.35 bits per heavy atom. The number of aryl methyl sites for hydroxylation is 1. The molecule has 2 aromatic heterocycles. The molecule has 4 nitrogen and oxygen atoms in total. The molecule has 1 aliphatic heterocycles. The number of hydrogen-bond acceptors (Lipinski definition) is 2. The SMILES string of the molecule is Cc1cc2ccc(C(=O)NC3CC4CNC3C4)cn2c1. The van der Waals surface area contributed by atoms with Gasteiger partial charge in [-0.1, -0.05) is 0 Å². The second kappa shape index (κ2) is 4.35. The molecule has 0 radical (unpaired) electrons.